The van der Waals surface area contributed by atoms with Crippen molar-refractivity contribution in [3.8, 4) is 0 Å². The highest BCUT2D eigenvalue weighted by atomic mass is 15.3. The first-order valence-electron chi connectivity index (χ1n) is 8.58. The minimum Gasteiger partial charge on any atom is -0.355 e. The van der Waals surface area contributed by atoms with Crippen molar-refractivity contribution in [2.75, 3.05) is 29.4 Å². The van der Waals surface area contributed by atoms with E-state index in [1.54, 1.807) is 6.33 Å². The fourth-order valence-electron chi connectivity index (χ4n) is 3.91. The predicted octanol–water partition coefficient (Wildman–Crippen LogP) is 2.54. The van der Waals surface area contributed by atoms with Gasteiger partial charge in [0.1, 0.15) is 18.0 Å². The summed E-state index contributed by atoms with van der Waals surface area (Å²) in [5.74, 6) is 2.96. The number of nitrogens with zero attached hydrogens (tertiary/aromatic N) is 5. The van der Waals surface area contributed by atoms with Crippen molar-refractivity contribution in [1.82, 2.24) is 15.0 Å². The minimum atomic E-state index is 0.533. The Kier molecular flexibility index (Phi) is 3.85. The van der Waals surface area contributed by atoms with Gasteiger partial charge in [-0.1, -0.05) is 13.0 Å². The molecule has 2 unspecified atom stereocenters. The lowest BCUT2D eigenvalue weighted by molar-refractivity contribution is 0.388. The number of piperidine rings is 1. The molecule has 0 N–H and O–H groups in total. The highest BCUT2D eigenvalue weighted by Crippen LogP contribution is 2.35. The van der Waals surface area contributed by atoms with Crippen LogP contribution in [0, 0.1) is 5.92 Å². The Hall–Kier alpha value is -2.17. The van der Waals surface area contributed by atoms with Gasteiger partial charge in [0.15, 0.2) is 0 Å². The lowest BCUT2D eigenvalue weighted by Gasteiger charge is -2.39. The van der Waals surface area contributed by atoms with Crippen molar-refractivity contribution >= 4 is 11.6 Å². The van der Waals surface area contributed by atoms with Crippen molar-refractivity contribution in [1.29, 1.82) is 0 Å². The third-order valence-corrected chi connectivity index (χ3v) is 5.20. The molecule has 0 amide bonds. The Bertz CT molecular complexity index is 659. The average Bonchev–Trinajstić information content (AvgIpc) is 3.05. The predicted molar refractivity (Wildman–Crippen MR) is 91.7 cm³/mol. The van der Waals surface area contributed by atoms with E-state index in [9.17, 15) is 0 Å². The van der Waals surface area contributed by atoms with E-state index in [0.717, 1.165) is 49.3 Å². The average molecular weight is 309 g/mol. The van der Waals surface area contributed by atoms with Crippen LogP contribution in [0.1, 0.15) is 25.5 Å². The number of aryl methyl sites for hydroxylation is 1. The Morgan fingerprint density at radius 2 is 2.00 bits per heavy atom. The number of hydrogen-bond donors (Lipinski definition) is 0. The molecule has 0 aliphatic carbocycles. The molecule has 23 heavy (non-hydrogen) atoms. The summed E-state index contributed by atoms with van der Waals surface area (Å²) < 4.78 is 0. The topological polar surface area (TPSA) is 45.2 Å². The van der Waals surface area contributed by atoms with Gasteiger partial charge in [0, 0.05) is 37.6 Å². The van der Waals surface area contributed by atoms with Crippen LogP contribution in [-0.2, 0) is 6.42 Å². The van der Waals surface area contributed by atoms with Crippen molar-refractivity contribution in [2.24, 2.45) is 5.92 Å². The minimum absolute atomic E-state index is 0.533. The van der Waals surface area contributed by atoms with E-state index in [0.29, 0.717) is 6.04 Å². The first-order valence-corrected chi connectivity index (χ1v) is 8.58. The second-order valence-electron chi connectivity index (χ2n) is 6.45. The largest absolute Gasteiger partial charge is 0.355 e. The summed E-state index contributed by atoms with van der Waals surface area (Å²) in [6, 6.07) is 8.84. The van der Waals surface area contributed by atoms with Crippen molar-refractivity contribution < 1.29 is 0 Å². The van der Waals surface area contributed by atoms with Gasteiger partial charge in [0.2, 0.25) is 0 Å². The molecule has 2 aromatic rings. The lowest BCUT2D eigenvalue weighted by Crippen LogP contribution is -2.48. The molecular formula is C18H23N5. The molecule has 2 saturated heterocycles. The fraction of sp³-hybridized carbons (Fsp3) is 0.500. The van der Waals surface area contributed by atoms with E-state index in [1.165, 1.54) is 12.8 Å². The molecule has 120 valence electrons. The Balaban J connectivity index is 1.56. The molecule has 2 aromatic heterocycles. The summed E-state index contributed by atoms with van der Waals surface area (Å²) in [5, 5.41) is 0. The summed E-state index contributed by atoms with van der Waals surface area (Å²) in [6.45, 7) is 5.39. The van der Waals surface area contributed by atoms with E-state index >= 15 is 0 Å². The number of anilines is 2. The molecule has 4 rings (SSSR count). The van der Waals surface area contributed by atoms with Crippen molar-refractivity contribution in [3.05, 3.63) is 42.5 Å². The Morgan fingerprint density at radius 1 is 1.09 bits per heavy atom. The van der Waals surface area contributed by atoms with Gasteiger partial charge in [0.25, 0.3) is 0 Å². The van der Waals surface area contributed by atoms with Crippen LogP contribution in [0.25, 0.3) is 0 Å². The molecule has 5 heteroatoms. The molecule has 5 nitrogen and oxygen atoms in total. The van der Waals surface area contributed by atoms with Crippen LogP contribution < -0.4 is 9.80 Å². The molecule has 4 heterocycles. The van der Waals surface area contributed by atoms with Crippen LogP contribution in [0.3, 0.4) is 0 Å². The van der Waals surface area contributed by atoms with Crippen LogP contribution in [0.4, 0.5) is 11.6 Å². The molecule has 0 aromatic carbocycles. The molecule has 2 atom stereocenters. The third kappa shape index (κ3) is 2.76. The molecule has 0 spiro atoms. The zero-order valence-electron chi connectivity index (χ0n) is 13.6. The summed E-state index contributed by atoms with van der Waals surface area (Å²) in [6.07, 6.45) is 7.06. The smallest absolute Gasteiger partial charge is 0.132 e. The maximum absolute atomic E-state index is 4.54. The van der Waals surface area contributed by atoms with Crippen LogP contribution in [0.5, 0.6) is 0 Å². The monoisotopic (exact) mass is 309 g/mol. The van der Waals surface area contributed by atoms with E-state index < -0.39 is 0 Å². The van der Waals surface area contributed by atoms with E-state index in [4.69, 9.17) is 0 Å². The molecule has 0 bridgehead atoms. The zero-order chi connectivity index (χ0) is 15.6. The number of hydrogen-bond acceptors (Lipinski definition) is 5. The lowest BCUT2D eigenvalue weighted by atomic mass is 9.92. The zero-order valence-corrected chi connectivity index (χ0v) is 13.6. The van der Waals surface area contributed by atoms with Gasteiger partial charge in [-0.2, -0.15) is 0 Å². The van der Waals surface area contributed by atoms with Crippen LogP contribution in [0.2, 0.25) is 0 Å². The van der Waals surface area contributed by atoms with Gasteiger partial charge < -0.3 is 9.80 Å². The Labute approximate surface area is 137 Å². The number of aromatic nitrogens is 3. The second kappa shape index (κ2) is 6.14. The molecule has 2 aliphatic heterocycles. The van der Waals surface area contributed by atoms with Crippen molar-refractivity contribution in [2.45, 2.75) is 32.2 Å². The highest BCUT2D eigenvalue weighted by molar-refractivity contribution is 5.46. The molecular weight excluding hydrogens is 286 g/mol. The molecule has 0 radical (unpaired) electrons. The highest BCUT2D eigenvalue weighted by Gasteiger charge is 2.39. The first-order chi connectivity index (χ1) is 11.3. The molecule has 2 fully saturated rings. The van der Waals surface area contributed by atoms with E-state index in [2.05, 4.69) is 49.9 Å². The second-order valence-corrected chi connectivity index (χ2v) is 6.45. The van der Waals surface area contributed by atoms with Crippen LogP contribution >= 0.6 is 0 Å². The van der Waals surface area contributed by atoms with Gasteiger partial charge >= 0.3 is 0 Å². The van der Waals surface area contributed by atoms with Crippen LogP contribution in [-0.4, -0.2) is 40.6 Å². The van der Waals surface area contributed by atoms with E-state index in [-0.39, 0.29) is 0 Å². The number of rotatable bonds is 3. The molecule has 0 saturated carbocycles. The summed E-state index contributed by atoms with van der Waals surface area (Å²) in [7, 11) is 0. The quantitative estimate of drug-likeness (QED) is 0.872. The summed E-state index contributed by atoms with van der Waals surface area (Å²) >= 11 is 0. The normalized spacial score (nSPS) is 23.9. The standard InChI is InChI=1S/C18H23N5/c1-2-15-11-18(21-13-20-15)23-10-7-14-6-9-22(12-16(14)23)17-5-3-4-8-19-17/h3-5,8,11,13-14,16H,2,6-7,9-10,12H2,1H3. The van der Waals surface area contributed by atoms with Crippen LogP contribution in [0.15, 0.2) is 36.8 Å². The maximum atomic E-state index is 4.54. The number of pyridine rings is 1. The van der Waals surface area contributed by atoms with Gasteiger partial charge in [-0.3, -0.25) is 0 Å². The third-order valence-electron chi connectivity index (χ3n) is 5.20. The summed E-state index contributed by atoms with van der Waals surface area (Å²) in [5.41, 5.74) is 1.12. The summed E-state index contributed by atoms with van der Waals surface area (Å²) in [4.78, 5) is 18.3. The van der Waals surface area contributed by atoms with Gasteiger partial charge in [-0.05, 0) is 37.3 Å². The fourth-order valence-corrected chi connectivity index (χ4v) is 3.91. The van der Waals surface area contributed by atoms with Crippen molar-refractivity contribution in [3.63, 3.8) is 0 Å². The van der Waals surface area contributed by atoms with Gasteiger partial charge in [-0.15, -0.1) is 0 Å². The van der Waals surface area contributed by atoms with Gasteiger partial charge in [-0.25, -0.2) is 15.0 Å². The SMILES string of the molecule is CCc1cc(N2CCC3CCN(c4ccccn4)CC32)ncn1. The number of fused-ring (bicyclic) bond motifs is 1. The first kappa shape index (κ1) is 14.4. The van der Waals surface area contributed by atoms with E-state index in [1.807, 2.05) is 12.3 Å². The van der Waals surface area contributed by atoms with Gasteiger partial charge in [0.05, 0.1) is 6.04 Å². The Morgan fingerprint density at radius 3 is 2.83 bits per heavy atom. The maximum Gasteiger partial charge on any atom is 0.132 e. The molecule has 2 aliphatic rings.